The zero-order valence-corrected chi connectivity index (χ0v) is 18.3. The highest BCUT2D eigenvalue weighted by Gasteiger charge is 2.23. The first-order valence-corrected chi connectivity index (χ1v) is 10.4. The van der Waals surface area contributed by atoms with Gasteiger partial charge in [-0.15, -0.1) is 0 Å². The number of furan rings is 1. The Kier molecular flexibility index (Phi) is 6.35. The molecule has 2 amide bonds. The van der Waals surface area contributed by atoms with Crippen LogP contribution in [0.4, 0.5) is 4.39 Å². The smallest absolute Gasteiger partial charge is 0.258 e. The van der Waals surface area contributed by atoms with Crippen molar-refractivity contribution in [2.75, 3.05) is 7.05 Å². The highest BCUT2D eigenvalue weighted by Crippen LogP contribution is 2.20. The molecule has 0 saturated carbocycles. The van der Waals surface area contributed by atoms with Crippen LogP contribution in [0.25, 0.3) is 5.69 Å². The van der Waals surface area contributed by atoms with Crippen molar-refractivity contribution in [2.24, 2.45) is 0 Å². The number of aromatic nitrogens is 2. The third-order valence-corrected chi connectivity index (χ3v) is 5.34. The number of nitrogens with one attached hydrogen (secondary N) is 1. The molecule has 0 radical (unpaired) electrons. The van der Waals surface area contributed by atoms with Gasteiger partial charge >= 0.3 is 0 Å². The van der Waals surface area contributed by atoms with Crippen molar-refractivity contribution in [2.45, 2.75) is 20.0 Å². The predicted octanol–water partition coefficient (Wildman–Crippen LogP) is 4.12. The monoisotopic (exact) mass is 446 g/mol. The van der Waals surface area contributed by atoms with Crippen molar-refractivity contribution < 1.29 is 18.4 Å². The quantitative estimate of drug-likeness (QED) is 0.463. The zero-order chi connectivity index (χ0) is 23.4. The fraction of sp³-hybridized carbons (Fsp3) is 0.160. The van der Waals surface area contributed by atoms with Crippen LogP contribution >= 0.6 is 0 Å². The Morgan fingerprint density at radius 2 is 1.79 bits per heavy atom. The van der Waals surface area contributed by atoms with Crippen LogP contribution in [0.15, 0.2) is 77.5 Å². The number of hydrogen-bond donors (Lipinski definition) is 1. The summed E-state index contributed by atoms with van der Waals surface area (Å²) < 4.78 is 20.4. The van der Waals surface area contributed by atoms with E-state index in [2.05, 4.69) is 10.4 Å². The molecule has 0 atom stereocenters. The summed E-state index contributed by atoms with van der Waals surface area (Å²) in [6.07, 6.45) is 3.08. The molecule has 0 bridgehead atoms. The van der Waals surface area contributed by atoms with E-state index in [0.717, 1.165) is 5.56 Å². The minimum Gasteiger partial charge on any atom is -0.467 e. The van der Waals surface area contributed by atoms with Crippen molar-refractivity contribution in [3.63, 3.8) is 0 Å². The maximum Gasteiger partial charge on any atom is 0.258 e. The van der Waals surface area contributed by atoms with Gasteiger partial charge < -0.3 is 14.6 Å². The molecule has 2 heterocycles. The minimum absolute atomic E-state index is 0.172. The van der Waals surface area contributed by atoms with Gasteiger partial charge in [0.2, 0.25) is 0 Å². The Morgan fingerprint density at radius 3 is 2.42 bits per heavy atom. The van der Waals surface area contributed by atoms with Gasteiger partial charge in [-0.2, -0.15) is 5.10 Å². The second-order valence-corrected chi connectivity index (χ2v) is 7.55. The average Bonchev–Trinajstić information content (AvgIpc) is 3.48. The highest BCUT2D eigenvalue weighted by molar-refractivity contribution is 5.95. The molecule has 0 saturated heterocycles. The molecule has 2 aromatic carbocycles. The normalized spacial score (nSPS) is 10.8. The van der Waals surface area contributed by atoms with E-state index in [-0.39, 0.29) is 24.2 Å². The van der Waals surface area contributed by atoms with Gasteiger partial charge in [0.15, 0.2) is 0 Å². The fourth-order valence-corrected chi connectivity index (χ4v) is 3.55. The fourth-order valence-electron chi connectivity index (χ4n) is 3.55. The Balaban J connectivity index is 1.61. The summed E-state index contributed by atoms with van der Waals surface area (Å²) >= 11 is 0. The van der Waals surface area contributed by atoms with Crippen LogP contribution < -0.4 is 5.32 Å². The lowest BCUT2D eigenvalue weighted by atomic mass is 10.1. The molecule has 1 N–H and O–H groups in total. The lowest BCUT2D eigenvalue weighted by Crippen LogP contribution is -2.30. The Labute approximate surface area is 190 Å². The van der Waals surface area contributed by atoms with E-state index in [0.29, 0.717) is 34.8 Å². The Bertz CT molecular complexity index is 1250. The molecule has 8 heteroatoms. The van der Waals surface area contributed by atoms with Gasteiger partial charge in [0.1, 0.15) is 11.6 Å². The SMILES string of the molecule is CNC(=O)c1ccc(CN(Cc2ccco2)C(=O)c2cnn(-c3ccc(F)cc3)c2C)cc1. The molecular weight excluding hydrogens is 423 g/mol. The van der Waals surface area contributed by atoms with Crippen LogP contribution in [0.3, 0.4) is 0 Å². The van der Waals surface area contributed by atoms with Crippen molar-refractivity contribution >= 4 is 11.8 Å². The number of halogens is 1. The summed E-state index contributed by atoms with van der Waals surface area (Å²) in [4.78, 5) is 27.0. The van der Waals surface area contributed by atoms with E-state index in [1.54, 1.807) is 60.1 Å². The van der Waals surface area contributed by atoms with Crippen molar-refractivity contribution in [3.8, 4) is 5.69 Å². The number of carbonyl (C=O) groups is 2. The largest absolute Gasteiger partial charge is 0.467 e. The molecular formula is C25H23FN4O3. The maximum absolute atomic E-state index is 13.5. The first kappa shape index (κ1) is 22.0. The summed E-state index contributed by atoms with van der Waals surface area (Å²) in [7, 11) is 1.58. The van der Waals surface area contributed by atoms with Gasteiger partial charge in [-0.3, -0.25) is 9.59 Å². The third-order valence-electron chi connectivity index (χ3n) is 5.34. The van der Waals surface area contributed by atoms with Gasteiger partial charge in [0.05, 0.1) is 35.9 Å². The number of nitrogens with zero attached hydrogens (tertiary/aromatic N) is 3. The molecule has 33 heavy (non-hydrogen) atoms. The van der Waals surface area contributed by atoms with Crippen LogP contribution in [-0.4, -0.2) is 33.5 Å². The summed E-state index contributed by atoms with van der Waals surface area (Å²) in [5.41, 5.74) is 3.15. The highest BCUT2D eigenvalue weighted by atomic mass is 19.1. The molecule has 7 nitrogen and oxygen atoms in total. The molecule has 0 unspecified atom stereocenters. The summed E-state index contributed by atoms with van der Waals surface area (Å²) in [5.74, 6) is -0.0811. The number of rotatable bonds is 7. The van der Waals surface area contributed by atoms with Gasteiger partial charge in [0.25, 0.3) is 11.8 Å². The summed E-state index contributed by atoms with van der Waals surface area (Å²) in [5, 5.41) is 6.93. The number of hydrogen-bond acceptors (Lipinski definition) is 4. The molecule has 4 aromatic rings. The predicted molar refractivity (Wildman–Crippen MR) is 120 cm³/mol. The number of amides is 2. The molecule has 0 aliphatic carbocycles. The maximum atomic E-state index is 13.5. The van der Waals surface area contributed by atoms with E-state index in [4.69, 9.17) is 4.42 Å². The van der Waals surface area contributed by atoms with Gasteiger partial charge in [0, 0.05) is 19.2 Å². The standard InChI is InChI=1S/C25H23FN4O3/c1-17-23(14-28-30(17)21-11-9-20(26)10-12-21)25(32)29(16-22-4-3-13-33-22)15-18-5-7-19(8-6-18)24(31)27-2/h3-14H,15-16H2,1-2H3,(H,27,31). The first-order valence-electron chi connectivity index (χ1n) is 10.4. The first-order chi connectivity index (χ1) is 16.0. The van der Waals surface area contributed by atoms with E-state index < -0.39 is 0 Å². The molecule has 0 fully saturated rings. The van der Waals surface area contributed by atoms with Crippen LogP contribution in [0.1, 0.15) is 37.7 Å². The zero-order valence-electron chi connectivity index (χ0n) is 18.3. The van der Waals surface area contributed by atoms with Crippen molar-refractivity contribution in [3.05, 3.63) is 107 Å². The van der Waals surface area contributed by atoms with E-state index >= 15 is 0 Å². The summed E-state index contributed by atoms with van der Waals surface area (Å²) in [6, 6.07) is 16.6. The van der Waals surface area contributed by atoms with E-state index in [1.165, 1.54) is 18.3 Å². The van der Waals surface area contributed by atoms with Gasteiger partial charge in [-0.25, -0.2) is 9.07 Å². The number of benzene rings is 2. The molecule has 0 aliphatic heterocycles. The van der Waals surface area contributed by atoms with Gasteiger partial charge in [-0.1, -0.05) is 12.1 Å². The third kappa shape index (κ3) is 4.85. The minimum atomic E-state index is -0.341. The lowest BCUT2D eigenvalue weighted by molar-refractivity contribution is 0.0716. The Hall–Kier alpha value is -4.20. The second-order valence-electron chi connectivity index (χ2n) is 7.55. The lowest BCUT2D eigenvalue weighted by Gasteiger charge is -2.22. The van der Waals surface area contributed by atoms with Crippen LogP contribution in [-0.2, 0) is 13.1 Å². The number of carbonyl (C=O) groups excluding carboxylic acids is 2. The molecule has 4 rings (SSSR count). The van der Waals surface area contributed by atoms with Crippen molar-refractivity contribution in [1.82, 2.24) is 20.0 Å². The average molecular weight is 446 g/mol. The molecule has 168 valence electrons. The van der Waals surface area contributed by atoms with Crippen LogP contribution in [0, 0.1) is 12.7 Å². The topological polar surface area (TPSA) is 80.4 Å². The molecule has 0 aliphatic rings. The second kappa shape index (κ2) is 9.52. The van der Waals surface area contributed by atoms with Gasteiger partial charge in [-0.05, 0) is 61.0 Å². The van der Waals surface area contributed by atoms with E-state index in [9.17, 15) is 14.0 Å². The Morgan fingerprint density at radius 1 is 1.06 bits per heavy atom. The van der Waals surface area contributed by atoms with E-state index in [1.807, 2.05) is 18.2 Å². The van der Waals surface area contributed by atoms with Crippen LogP contribution in [0.2, 0.25) is 0 Å². The summed E-state index contributed by atoms with van der Waals surface area (Å²) in [6.45, 7) is 2.38. The van der Waals surface area contributed by atoms with Crippen LogP contribution in [0.5, 0.6) is 0 Å². The van der Waals surface area contributed by atoms with Crippen molar-refractivity contribution in [1.29, 1.82) is 0 Å². The molecule has 2 aromatic heterocycles. The molecule has 0 spiro atoms.